The molecule has 14 heteroatoms. The monoisotopic (exact) mass is 958 g/mol. The highest BCUT2D eigenvalue weighted by atomic mass is 16.7. The number of hydrogen-bond acceptors (Lipinski definition) is 13. The van der Waals surface area contributed by atoms with E-state index >= 15 is 0 Å². The Morgan fingerprint density at radius 1 is 0.522 bits per heavy atom. The average molecular weight is 958 g/mol. The fourth-order valence-corrected chi connectivity index (χ4v) is 8.95. The predicted molar refractivity (Wildman–Crippen MR) is 263 cm³/mol. The van der Waals surface area contributed by atoms with Crippen LogP contribution in [-0.4, -0.2) is 140 Å². The number of amides is 1. The van der Waals surface area contributed by atoms with Crippen LogP contribution in [0.2, 0.25) is 0 Å². The summed E-state index contributed by atoms with van der Waals surface area (Å²) in [5, 5.41) is 86.2. The summed E-state index contributed by atoms with van der Waals surface area (Å²) in [4.78, 5) is 12.9. The molecule has 9 N–H and O–H groups in total. The molecule has 67 heavy (non-hydrogen) atoms. The highest BCUT2D eigenvalue weighted by Gasteiger charge is 2.51. The van der Waals surface area contributed by atoms with E-state index in [-0.39, 0.29) is 18.9 Å². The van der Waals surface area contributed by atoms with Gasteiger partial charge in [0.05, 0.1) is 32.0 Å². The van der Waals surface area contributed by atoms with Crippen molar-refractivity contribution in [3.63, 3.8) is 0 Å². The Labute approximate surface area is 405 Å². The lowest BCUT2D eigenvalue weighted by molar-refractivity contribution is -0.359. The molecule has 12 unspecified atom stereocenters. The molecule has 0 spiro atoms. The normalized spacial score (nSPS) is 26.7. The van der Waals surface area contributed by atoms with E-state index in [9.17, 15) is 45.6 Å². The summed E-state index contributed by atoms with van der Waals surface area (Å²) in [5.74, 6) is -0.267. The zero-order chi connectivity index (χ0) is 48.9. The van der Waals surface area contributed by atoms with E-state index in [0.717, 1.165) is 32.1 Å². The van der Waals surface area contributed by atoms with Gasteiger partial charge in [0, 0.05) is 6.42 Å². The first-order chi connectivity index (χ1) is 32.6. The van der Waals surface area contributed by atoms with E-state index in [2.05, 4.69) is 31.3 Å². The molecule has 2 aliphatic heterocycles. The van der Waals surface area contributed by atoms with E-state index in [1.807, 2.05) is 6.08 Å². The molecule has 0 radical (unpaired) electrons. The summed E-state index contributed by atoms with van der Waals surface area (Å²) in [6.45, 7) is 2.64. The number of allylic oxidation sites excluding steroid dienone is 3. The van der Waals surface area contributed by atoms with Gasteiger partial charge in [-0.05, 0) is 32.1 Å². The third kappa shape index (κ3) is 27.0. The lowest BCUT2D eigenvalue weighted by Gasteiger charge is -2.46. The number of rotatable bonds is 42. The van der Waals surface area contributed by atoms with Gasteiger partial charge in [-0.2, -0.15) is 0 Å². The van der Waals surface area contributed by atoms with Crippen molar-refractivity contribution >= 4 is 5.91 Å². The number of carbonyl (C=O) groups is 1. The minimum Gasteiger partial charge on any atom is -0.394 e. The molecule has 0 aromatic heterocycles. The molecule has 14 nitrogen and oxygen atoms in total. The molecule has 0 aliphatic carbocycles. The quantitative estimate of drug-likeness (QED) is 0.0211. The molecule has 12 atom stereocenters. The van der Waals surface area contributed by atoms with Gasteiger partial charge in [0.15, 0.2) is 12.6 Å². The van der Waals surface area contributed by atoms with Crippen molar-refractivity contribution in [2.24, 2.45) is 0 Å². The van der Waals surface area contributed by atoms with Crippen molar-refractivity contribution in [3.8, 4) is 0 Å². The molecule has 2 saturated heterocycles. The summed E-state index contributed by atoms with van der Waals surface area (Å²) in [7, 11) is 0. The molecule has 394 valence electrons. The number of aliphatic hydroxyl groups is 8. The fourth-order valence-electron chi connectivity index (χ4n) is 8.95. The highest BCUT2D eigenvalue weighted by Crippen LogP contribution is 2.30. The maximum atomic E-state index is 12.9. The number of unbranched alkanes of at least 4 members (excludes halogenated alkanes) is 27. The van der Waals surface area contributed by atoms with Gasteiger partial charge in [0.25, 0.3) is 0 Å². The second kappa shape index (κ2) is 40.1. The van der Waals surface area contributed by atoms with Crippen molar-refractivity contribution in [2.45, 2.75) is 286 Å². The Morgan fingerprint density at radius 2 is 0.955 bits per heavy atom. The van der Waals surface area contributed by atoms with Crippen LogP contribution in [0.25, 0.3) is 0 Å². The van der Waals surface area contributed by atoms with E-state index in [1.165, 1.54) is 148 Å². The van der Waals surface area contributed by atoms with Crippen LogP contribution in [0.5, 0.6) is 0 Å². The van der Waals surface area contributed by atoms with Crippen LogP contribution in [0.15, 0.2) is 24.3 Å². The van der Waals surface area contributed by atoms with E-state index in [4.69, 9.17) is 18.9 Å². The molecule has 2 aliphatic rings. The third-order valence-electron chi connectivity index (χ3n) is 13.4. The van der Waals surface area contributed by atoms with Gasteiger partial charge in [0.2, 0.25) is 5.91 Å². The zero-order valence-electron chi connectivity index (χ0n) is 41.9. The summed E-state index contributed by atoms with van der Waals surface area (Å²) in [5.41, 5.74) is 0. The first-order valence-corrected chi connectivity index (χ1v) is 27.1. The smallest absolute Gasteiger partial charge is 0.220 e. The standard InChI is InChI=1S/C53H99NO13/c1-3-5-7-9-10-11-12-13-14-15-16-17-18-19-20-21-22-23-24-25-26-27-28-29-30-31-32-33-34-36-42(57)41(54-45(58)37-35-8-6-4-2)40-64-52-50(63)48(61)51(44(39-56)66-52)67-53-49(62)47(60)46(59)43(38-55)65-53/h30-31,34,36,41-44,46-53,55-57,59-63H,3-29,32-33,35,37-40H2,1-2H3,(H,54,58)/b31-30+,36-34+. The number of hydrogen-bond donors (Lipinski definition) is 9. The van der Waals surface area contributed by atoms with Crippen molar-refractivity contribution in [1.82, 2.24) is 5.32 Å². The van der Waals surface area contributed by atoms with E-state index in [0.29, 0.717) is 12.8 Å². The summed E-state index contributed by atoms with van der Waals surface area (Å²) < 4.78 is 22.5. The second-order valence-corrected chi connectivity index (χ2v) is 19.4. The lowest BCUT2D eigenvalue weighted by atomic mass is 9.97. The molecule has 0 bridgehead atoms. The molecule has 1 amide bonds. The number of nitrogens with one attached hydrogen (secondary N) is 1. The maximum Gasteiger partial charge on any atom is 0.220 e. The van der Waals surface area contributed by atoms with Crippen molar-refractivity contribution in [3.05, 3.63) is 24.3 Å². The lowest BCUT2D eigenvalue weighted by Crippen LogP contribution is -2.65. The molecule has 2 rings (SSSR count). The van der Waals surface area contributed by atoms with Crippen LogP contribution in [0, 0.1) is 0 Å². The number of aliphatic hydroxyl groups excluding tert-OH is 8. The second-order valence-electron chi connectivity index (χ2n) is 19.4. The Balaban J connectivity index is 1.63. The summed E-state index contributed by atoms with van der Waals surface area (Å²) in [6, 6.07) is -0.923. The van der Waals surface area contributed by atoms with E-state index in [1.54, 1.807) is 6.08 Å². The van der Waals surface area contributed by atoms with Gasteiger partial charge >= 0.3 is 0 Å². The van der Waals surface area contributed by atoms with Crippen molar-refractivity contribution in [1.29, 1.82) is 0 Å². The van der Waals surface area contributed by atoms with Gasteiger partial charge in [-0.1, -0.05) is 199 Å². The van der Waals surface area contributed by atoms with Gasteiger partial charge in [-0.3, -0.25) is 4.79 Å². The minimum atomic E-state index is -1.79. The molecule has 2 fully saturated rings. The van der Waals surface area contributed by atoms with Gasteiger partial charge < -0.3 is 65.1 Å². The van der Waals surface area contributed by atoms with Gasteiger partial charge in [-0.15, -0.1) is 0 Å². The Hall–Kier alpha value is -1.53. The minimum absolute atomic E-state index is 0.266. The maximum absolute atomic E-state index is 12.9. The van der Waals surface area contributed by atoms with Gasteiger partial charge in [-0.25, -0.2) is 0 Å². The summed E-state index contributed by atoms with van der Waals surface area (Å²) in [6.07, 6.45) is 29.1. The average Bonchev–Trinajstić information content (AvgIpc) is 3.33. The van der Waals surface area contributed by atoms with Crippen molar-refractivity contribution < 1.29 is 64.6 Å². The predicted octanol–water partition coefficient (Wildman–Crippen LogP) is 7.72. The Morgan fingerprint density at radius 3 is 1.46 bits per heavy atom. The van der Waals surface area contributed by atoms with Crippen LogP contribution >= 0.6 is 0 Å². The zero-order valence-corrected chi connectivity index (χ0v) is 41.9. The van der Waals surface area contributed by atoms with Crippen LogP contribution in [0.1, 0.15) is 213 Å². The third-order valence-corrected chi connectivity index (χ3v) is 13.4. The SMILES string of the molecule is CCCCCCCCCCCCCCCCCCCCCCCCC/C=C/CC/C=C/C(O)C(COC1OC(CO)C(OC2OC(CO)C(O)C(O)C2O)C(O)C1O)NC(=O)CCCCCC. The molecular formula is C53H99NO13. The number of ether oxygens (including phenoxy) is 4. The van der Waals surface area contributed by atoms with Crippen LogP contribution in [0.3, 0.4) is 0 Å². The van der Waals surface area contributed by atoms with Crippen molar-refractivity contribution in [2.75, 3.05) is 19.8 Å². The summed E-state index contributed by atoms with van der Waals surface area (Å²) >= 11 is 0. The molecule has 0 aromatic carbocycles. The molecule has 0 saturated carbocycles. The van der Waals surface area contributed by atoms with Crippen LogP contribution < -0.4 is 5.32 Å². The highest BCUT2D eigenvalue weighted by molar-refractivity contribution is 5.76. The Bertz CT molecular complexity index is 1220. The molecular weight excluding hydrogens is 859 g/mol. The van der Waals surface area contributed by atoms with Crippen LogP contribution in [0.4, 0.5) is 0 Å². The fraction of sp³-hybridized carbons (Fsp3) is 0.906. The van der Waals surface area contributed by atoms with Gasteiger partial charge in [0.1, 0.15) is 48.8 Å². The first-order valence-electron chi connectivity index (χ1n) is 27.1. The number of carbonyl (C=O) groups excluding carboxylic acids is 1. The van der Waals surface area contributed by atoms with E-state index < -0.39 is 86.8 Å². The molecule has 0 aromatic rings. The van der Waals surface area contributed by atoms with Crippen LogP contribution in [-0.2, 0) is 23.7 Å². The Kier molecular flexibility index (Phi) is 36.9. The topological polar surface area (TPSA) is 228 Å². The molecule has 2 heterocycles. The largest absolute Gasteiger partial charge is 0.394 e. The first kappa shape index (κ1) is 61.6.